The Kier molecular flexibility index (Phi) is 2.89. The van der Waals surface area contributed by atoms with Gasteiger partial charge in [-0.3, -0.25) is 0 Å². The molecule has 1 aliphatic carbocycles. The number of ether oxygens (including phenoxy) is 1. The topological polar surface area (TPSA) is 59.1 Å². The quantitative estimate of drug-likeness (QED) is 0.865. The average Bonchev–Trinajstić information content (AvgIpc) is 3.20. The molecule has 2 fully saturated rings. The molecule has 2 N–H and O–H groups in total. The summed E-state index contributed by atoms with van der Waals surface area (Å²) < 4.78 is 5.37. The maximum atomic E-state index is 5.37. The summed E-state index contributed by atoms with van der Waals surface area (Å²) >= 11 is 0. The highest BCUT2D eigenvalue weighted by molar-refractivity contribution is 5.35. The van der Waals surface area contributed by atoms with Crippen LogP contribution in [0.4, 0.5) is 5.95 Å². The van der Waals surface area contributed by atoms with E-state index in [1.807, 2.05) is 6.20 Å². The van der Waals surface area contributed by atoms with Crippen molar-refractivity contribution in [2.45, 2.75) is 44.3 Å². The van der Waals surface area contributed by atoms with Crippen LogP contribution in [0.2, 0.25) is 0 Å². The van der Waals surface area contributed by atoms with Gasteiger partial charge in [0.1, 0.15) is 0 Å². The van der Waals surface area contributed by atoms with E-state index in [-0.39, 0.29) is 0 Å². The zero-order valence-corrected chi connectivity index (χ0v) is 11.1. The van der Waals surface area contributed by atoms with Crippen LogP contribution in [0.15, 0.2) is 6.20 Å². The molecule has 1 unspecified atom stereocenters. The van der Waals surface area contributed by atoms with Crippen LogP contribution >= 0.6 is 0 Å². The monoisotopic (exact) mass is 260 g/mol. The molecule has 1 atom stereocenters. The lowest BCUT2D eigenvalue weighted by molar-refractivity contribution is 0.0903. The number of nitrogens with zero attached hydrogens (tertiary/aromatic N) is 2. The Labute approximate surface area is 113 Å². The van der Waals surface area contributed by atoms with Gasteiger partial charge in [0.2, 0.25) is 5.95 Å². The van der Waals surface area contributed by atoms with E-state index in [1.165, 1.54) is 24.1 Å². The van der Waals surface area contributed by atoms with Gasteiger partial charge in [-0.1, -0.05) is 0 Å². The van der Waals surface area contributed by atoms with Gasteiger partial charge in [0.05, 0.1) is 5.69 Å². The lowest BCUT2D eigenvalue weighted by atomic mass is 10.1. The number of aromatic nitrogens is 2. The van der Waals surface area contributed by atoms with E-state index < -0.39 is 0 Å². The second kappa shape index (κ2) is 4.72. The molecule has 0 amide bonds. The number of fused-ring (bicyclic) bond motifs is 1. The average molecular weight is 260 g/mol. The molecule has 102 valence electrons. The third kappa shape index (κ3) is 2.32. The van der Waals surface area contributed by atoms with E-state index in [1.54, 1.807) is 0 Å². The summed E-state index contributed by atoms with van der Waals surface area (Å²) in [5.74, 6) is 1.60. The van der Waals surface area contributed by atoms with Gasteiger partial charge in [0.15, 0.2) is 0 Å². The molecule has 0 radical (unpaired) electrons. The minimum absolute atomic E-state index is 0.459. The Morgan fingerprint density at radius 3 is 2.84 bits per heavy atom. The summed E-state index contributed by atoms with van der Waals surface area (Å²) in [6.45, 7) is 2.57. The van der Waals surface area contributed by atoms with Crippen molar-refractivity contribution < 1.29 is 4.74 Å². The van der Waals surface area contributed by atoms with Gasteiger partial charge in [-0.05, 0) is 31.6 Å². The Hall–Kier alpha value is -1.20. The molecular formula is C14H20N4O. The normalized spacial score (nSPS) is 27.3. The number of hydrogen-bond donors (Lipinski definition) is 2. The van der Waals surface area contributed by atoms with E-state index in [0.717, 1.165) is 44.5 Å². The van der Waals surface area contributed by atoms with Crippen LogP contribution in [0, 0.1) is 5.92 Å². The first-order valence-corrected chi connectivity index (χ1v) is 7.33. The van der Waals surface area contributed by atoms with E-state index in [9.17, 15) is 0 Å². The Morgan fingerprint density at radius 2 is 2.05 bits per heavy atom. The lowest BCUT2D eigenvalue weighted by Gasteiger charge is -2.23. The molecule has 4 rings (SSSR count). The van der Waals surface area contributed by atoms with Gasteiger partial charge >= 0.3 is 0 Å². The molecule has 19 heavy (non-hydrogen) atoms. The number of anilines is 1. The van der Waals surface area contributed by atoms with Crippen molar-refractivity contribution in [1.82, 2.24) is 15.3 Å². The van der Waals surface area contributed by atoms with Crippen LogP contribution in [0.3, 0.4) is 0 Å². The summed E-state index contributed by atoms with van der Waals surface area (Å²) in [5, 5.41) is 7.00. The molecule has 3 heterocycles. The second-order valence-electron chi connectivity index (χ2n) is 5.82. The predicted molar refractivity (Wildman–Crippen MR) is 71.8 cm³/mol. The molecular weight excluding hydrogens is 240 g/mol. The molecule has 3 aliphatic rings. The van der Waals surface area contributed by atoms with Gasteiger partial charge in [0, 0.05) is 43.6 Å². The van der Waals surface area contributed by atoms with Crippen molar-refractivity contribution in [2.24, 2.45) is 5.92 Å². The van der Waals surface area contributed by atoms with E-state index in [4.69, 9.17) is 4.74 Å². The Balaban J connectivity index is 1.49. The van der Waals surface area contributed by atoms with E-state index in [0.29, 0.717) is 12.1 Å². The molecule has 1 saturated carbocycles. The first-order chi connectivity index (χ1) is 9.40. The third-order valence-corrected chi connectivity index (χ3v) is 4.37. The number of hydrogen-bond acceptors (Lipinski definition) is 5. The SMILES string of the molecule is c1nc(NC2CCOCC2)nc2c1C(C1CC1)NC2. The second-order valence-corrected chi connectivity index (χ2v) is 5.82. The molecule has 1 aromatic rings. The van der Waals surface area contributed by atoms with Gasteiger partial charge < -0.3 is 15.4 Å². The van der Waals surface area contributed by atoms with Crippen molar-refractivity contribution >= 4 is 5.95 Å². The van der Waals surface area contributed by atoms with Crippen LogP contribution in [-0.2, 0) is 11.3 Å². The molecule has 0 bridgehead atoms. The smallest absolute Gasteiger partial charge is 0.223 e. The van der Waals surface area contributed by atoms with Crippen LogP contribution in [0.5, 0.6) is 0 Å². The van der Waals surface area contributed by atoms with Crippen molar-refractivity contribution in [1.29, 1.82) is 0 Å². The maximum Gasteiger partial charge on any atom is 0.223 e. The number of nitrogens with one attached hydrogen (secondary N) is 2. The highest BCUT2D eigenvalue weighted by Gasteiger charge is 2.37. The lowest BCUT2D eigenvalue weighted by Crippen LogP contribution is -2.28. The van der Waals surface area contributed by atoms with Crippen molar-refractivity contribution in [2.75, 3.05) is 18.5 Å². The first-order valence-electron chi connectivity index (χ1n) is 7.33. The summed E-state index contributed by atoms with van der Waals surface area (Å²) in [7, 11) is 0. The van der Waals surface area contributed by atoms with Gasteiger partial charge in [0.25, 0.3) is 0 Å². The summed E-state index contributed by atoms with van der Waals surface area (Å²) in [6, 6.07) is 0.965. The highest BCUT2D eigenvalue weighted by Crippen LogP contribution is 2.44. The molecule has 2 aliphatic heterocycles. The summed E-state index contributed by atoms with van der Waals surface area (Å²) in [4.78, 5) is 9.18. The van der Waals surface area contributed by atoms with Crippen molar-refractivity contribution in [3.63, 3.8) is 0 Å². The first kappa shape index (κ1) is 11.6. The molecule has 1 saturated heterocycles. The number of rotatable bonds is 3. The fraction of sp³-hybridized carbons (Fsp3) is 0.714. The Morgan fingerprint density at radius 1 is 1.21 bits per heavy atom. The zero-order chi connectivity index (χ0) is 12.7. The van der Waals surface area contributed by atoms with Gasteiger partial charge in [-0.25, -0.2) is 9.97 Å². The third-order valence-electron chi connectivity index (χ3n) is 4.37. The van der Waals surface area contributed by atoms with Gasteiger partial charge in [-0.2, -0.15) is 0 Å². The fourth-order valence-corrected chi connectivity index (χ4v) is 3.09. The minimum atomic E-state index is 0.459. The minimum Gasteiger partial charge on any atom is -0.381 e. The van der Waals surface area contributed by atoms with Crippen LogP contribution in [-0.4, -0.2) is 29.2 Å². The molecule has 5 nitrogen and oxygen atoms in total. The van der Waals surface area contributed by atoms with E-state index in [2.05, 4.69) is 20.6 Å². The Bertz CT molecular complexity index is 469. The standard InChI is InChI=1S/C14H20N4O/c1-2-9(1)13-11-7-16-14(18-12(11)8-15-13)17-10-3-5-19-6-4-10/h7,9-10,13,15H,1-6,8H2,(H,16,17,18). The fourth-order valence-electron chi connectivity index (χ4n) is 3.09. The summed E-state index contributed by atoms with van der Waals surface area (Å²) in [5.41, 5.74) is 2.50. The summed E-state index contributed by atoms with van der Waals surface area (Å²) in [6.07, 6.45) is 6.80. The van der Waals surface area contributed by atoms with Crippen molar-refractivity contribution in [3.8, 4) is 0 Å². The van der Waals surface area contributed by atoms with E-state index >= 15 is 0 Å². The van der Waals surface area contributed by atoms with Crippen LogP contribution in [0.25, 0.3) is 0 Å². The molecule has 0 spiro atoms. The van der Waals surface area contributed by atoms with Gasteiger partial charge in [-0.15, -0.1) is 0 Å². The van der Waals surface area contributed by atoms with Crippen LogP contribution in [0.1, 0.15) is 43.0 Å². The van der Waals surface area contributed by atoms with Crippen molar-refractivity contribution in [3.05, 3.63) is 17.5 Å². The molecule has 0 aromatic carbocycles. The highest BCUT2D eigenvalue weighted by atomic mass is 16.5. The predicted octanol–water partition coefficient (Wildman–Crippen LogP) is 1.62. The maximum absolute atomic E-state index is 5.37. The molecule has 5 heteroatoms. The zero-order valence-electron chi connectivity index (χ0n) is 11.1. The largest absolute Gasteiger partial charge is 0.381 e. The molecule has 1 aromatic heterocycles. The van der Waals surface area contributed by atoms with Crippen LogP contribution < -0.4 is 10.6 Å².